The second-order valence-electron chi connectivity index (χ2n) is 4.39. The molecular weight excluding hydrogens is 322 g/mol. The Morgan fingerprint density at radius 2 is 2.10 bits per heavy atom. The molecule has 10 heteroatoms. The van der Waals surface area contributed by atoms with E-state index in [1.165, 1.54) is 6.07 Å². The highest BCUT2D eigenvalue weighted by molar-refractivity contribution is 7.90. The minimum atomic E-state index is -3.10. The Kier molecular flexibility index (Phi) is 5.50. The van der Waals surface area contributed by atoms with Crippen molar-refractivity contribution in [3.63, 3.8) is 0 Å². The molecule has 0 fully saturated rings. The molecule has 0 aliphatic rings. The van der Waals surface area contributed by atoms with E-state index >= 15 is 0 Å². The molecule has 3 N–H and O–H groups in total. The number of rotatable bonds is 6. The second-order valence-corrected chi connectivity index (χ2v) is 7.05. The molecule has 21 heavy (non-hydrogen) atoms. The topological polar surface area (TPSA) is 132 Å². The summed E-state index contributed by atoms with van der Waals surface area (Å²) >= 11 is 5.74. The molecule has 0 radical (unpaired) electrons. The summed E-state index contributed by atoms with van der Waals surface area (Å²) < 4.78 is 21.9. The van der Waals surface area contributed by atoms with Crippen LogP contribution in [0.2, 0.25) is 5.02 Å². The average molecular weight is 336 g/mol. The number of hydrogen-bond donors (Lipinski definition) is 2. The van der Waals surface area contributed by atoms with Crippen LogP contribution in [0, 0.1) is 10.1 Å². The zero-order valence-corrected chi connectivity index (χ0v) is 12.7. The number of halogens is 1. The lowest BCUT2D eigenvalue weighted by atomic mass is 10.1. The van der Waals surface area contributed by atoms with Crippen molar-refractivity contribution in [2.24, 2.45) is 0 Å². The summed E-state index contributed by atoms with van der Waals surface area (Å²) in [6.45, 7) is 0.127. The molecule has 0 heterocycles. The fourth-order valence-corrected chi connectivity index (χ4v) is 2.41. The van der Waals surface area contributed by atoms with Gasteiger partial charge in [-0.1, -0.05) is 11.6 Å². The number of sulfone groups is 1. The zero-order chi connectivity index (χ0) is 16.2. The molecule has 116 valence electrons. The summed E-state index contributed by atoms with van der Waals surface area (Å²) in [5.41, 5.74) is 4.77. The maximum Gasteiger partial charge on any atom is 0.294 e. The van der Waals surface area contributed by atoms with Gasteiger partial charge in [-0.2, -0.15) is 0 Å². The number of nitrogen functional groups attached to an aromatic ring is 1. The van der Waals surface area contributed by atoms with Crippen LogP contribution in [0.1, 0.15) is 16.8 Å². The normalized spacial score (nSPS) is 11.1. The van der Waals surface area contributed by atoms with Gasteiger partial charge in [0.15, 0.2) is 0 Å². The van der Waals surface area contributed by atoms with Gasteiger partial charge in [-0.15, -0.1) is 0 Å². The van der Waals surface area contributed by atoms with Gasteiger partial charge in [0.2, 0.25) is 0 Å². The van der Waals surface area contributed by atoms with Crippen molar-refractivity contribution >= 4 is 38.7 Å². The summed E-state index contributed by atoms with van der Waals surface area (Å²) in [6.07, 6.45) is 1.34. The molecule has 0 aliphatic heterocycles. The van der Waals surface area contributed by atoms with Crippen molar-refractivity contribution in [3.8, 4) is 0 Å². The number of nitrogens with zero attached hydrogens (tertiary/aromatic N) is 1. The highest BCUT2D eigenvalue weighted by Gasteiger charge is 2.19. The first-order valence-electron chi connectivity index (χ1n) is 5.81. The number of anilines is 1. The molecular formula is C11H14ClN3O5S. The first-order chi connectivity index (χ1) is 9.61. The molecule has 0 atom stereocenters. The summed E-state index contributed by atoms with van der Waals surface area (Å²) in [7, 11) is -3.10. The zero-order valence-electron chi connectivity index (χ0n) is 11.1. The predicted molar refractivity (Wildman–Crippen MR) is 79.2 cm³/mol. The summed E-state index contributed by atoms with van der Waals surface area (Å²) in [6, 6.07) is 2.24. The van der Waals surface area contributed by atoms with Gasteiger partial charge in [-0.25, -0.2) is 8.42 Å². The van der Waals surface area contributed by atoms with E-state index in [0.717, 1.165) is 12.3 Å². The molecule has 1 aromatic rings. The monoisotopic (exact) mass is 335 g/mol. The summed E-state index contributed by atoms with van der Waals surface area (Å²) in [4.78, 5) is 21.9. The van der Waals surface area contributed by atoms with Crippen LogP contribution < -0.4 is 11.1 Å². The third kappa shape index (κ3) is 5.20. The number of amides is 1. The minimum absolute atomic E-state index is 0.0137. The number of nitro groups is 1. The largest absolute Gasteiger partial charge is 0.392 e. The van der Waals surface area contributed by atoms with Gasteiger partial charge in [-0.05, 0) is 12.5 Å². The lowest BCUT2D eigenvalue weighted by molar-refractivity contribution is -0.383. The van der Waals surface area contributed by atoms with E-state index in [1.807, 2.05) is 0 Å². The van der Waals surface area contributed by atoms with E-state index in [1.54, 1.807) is 0 Å². The van der Waals surface area contributed by atoms with Crippen molar-refractivity contribution in [1.82, 2.24) is 5.32 Å². The molecule has 0 unspecified atom stereocenters. The second kappa shape index (κ2) is 6.72. The van der Waals surface area contributed by atoms with Crippen LogP contribution in [0.15, 0.2) is 12.1 Å². The third-order valence-corrected chi connectivity index (χ3v) is 3.89. The fourth-order valence-electron chi connectivity index (χ4n) is 1.52. The Morgan fingerprint density at radius 3 is 2.62 bits per heavy atom. The molecule has 0 bridgehead atoms. The van der Waals surface area contributed by atoms with Gasteiger partial charge >= 0.3 is 0 Å². The lowest BCUT2D eigenvalue weighted by Crippen LogP contribution is -2.26. The Labute approximate surface area is 126 Å². The number of nitrogens with two attached hydrogens (primary N) is 1. The predicted octanol–water partition coefficient (Wildman–Crippen LogP) is 0.995. The summed E-state index contributed by atoms with van der Waals surface area (Å²) in [5, 5.41) is 13.2. The van der Waals surface area contributed by atoms with Crippen molar-refractivity contribution < 1.29 is 18.1 Å². The van der Waals surface area contributed by atoms with E-state index in [0.29, 0.717) is 0 Å². The van der Waals surface area contributed by atoms with Crippen LogP contribution in [0.5, 0.6) is 0 Å². The number of carbonyl (C=O) groups excluding carboxylic acids is 1. The molecule has 1 rings (SSSR count). The van der Waals surface area contributed by atoms with E-state index < -0.39 is 26.4 Å². The Morgan fingerprint density at radius 1 is 1.48 bits per heavy atom. The standard InChI is InChI=1S/C11H14ClN3O5S/c1-21(19,20)4-2-3-14-11(16)7-5-8(12)10(13)9(6-7)15(17)18/h5-6H,2-4,13H2,1H3,(H,14,16). The van der Waals surface area contributed by atoms with Crippen LogP contribution in [0.3, 0.4) is 0 Å². The van der Waals surface area contributed by atoms with Gasteiger partial charge in [0.05, 0.1) is 15.7 Å². The average Bonchev–Trinajstić information content (AvgIpc) is 2.35. The number of nitrogens with one attached hydrogen (secondary N) is 1. The van der Waals surface area contributed by atoms with Gasteiger partial charge in [-0.3, -0.25) is 14.9 Å². The van der Waals surface area contributed by atoms with Crippen LogP contribution in [-0.2, 0) is 9.84 Å². The van der Waals surface area contributed by atoms with Crippen LogP contribution in [-0.4, -0.2) is 37.8 Å². The quantitative estimate of drug-likeness (QED) is 0.345. The van der Waals surface area contributed by atoms with Gasteiger partial charge in [0.1, 0.15) is 15.5 Å². The maximum absolute atomic E-state index is 11.8. The van der Waals surface area contributed by atoms with Crippen molar-refractivity contribution in [1.29, 1.82) is 0 Å². The Bertz CT molecular complexity index is 675. The Balaban J connectivity index is 2.77. The fraction of sp³-hybridized carbons (Fsp3) is 0.364. The van der Waals surface area contributed by atoms with Crippen LogP contribution in [0.25, 0.3) is 0 Å². The molecule has 1 aromatic carbocycles. The van der Waals surface area contributed by atoms with E-state index in [9.17, 15) is 23.3 Å². The first-order valence-corrected chi connectivity index (χ1v) is 8.25. The molecule has 0 saturated heterocycles. The molecule has 0 spiro atoms. The number of carbonyl (C=O) groups is 1. The summed E-state index contributed by atoms with van der Waals surface area (Å²) in [5.74, 6) is -0.649. The lowest BCUT2D eigenvalue weighted by Gasteiger charge is -2.07. The molecule has 1 amide bonds. The molecule has 0 saturated carbocycles. The van der Waals surface area contributed by atoms with Gasteiger partial charge < -0.3 is 11.1 Å². The van der Waals surface area contributed by atoms with Crippen molar-refractivity contribution in [2.75, 3.05) is 24.3 Å². The minimum Gasteiger partial charge on any atom is -0.392 e. The van der Waals surface area contributed by atoms with Crippen LogP contribution >= 0.6 is 11.6 Å². The number of nitro benzene ring substituents is 1. The van der Waals surface area contributed by atoms with E-state index in [2.05, 4.69) is 5.32 Å². The van der Waals surface area contributed by atoms with Crippen molar-refractivity contribution in [2.45, 2.75) is 6.42 Å². The molecule has 0 aromatic heterocycles. The van der Waals surface area contributed by atoms with Gasteiger partial charge in [0.25, 0.3) is 11.6 Å². The highest BCUT2D eigenvalue weighted by Crippen LogP contribution is 2.30. The SMILES string of the molecule is CS(=O)(=O)CCCNC(=O)c1cc(Cl)c(N)c([N+](=O)[O-])c1. The van der Waals surface area contributed by atoms with E-state index in [4.69, 9.17) is 17.3 Å². The van der Waals surface area contributed by atoms with Crippen LogP contribution in [0.4, 0.5) is 11.4 Å². The molecule has 0 aliphatic carbocycles. The van der Waals surface area contributed by atoms with Crippen molar-refractivity contribution in [3.05, 3.63) is 32.8 Å². The third-order valence-electron chi connectivity index (χ3n) is 2.54. The smallest absolute Gasteiger partial charge is 0.294 e. The first kappa shape index (κ1) is 17.2. The maximum atomic E-state index is 11.8. The van der Waals surface area contributed by atoms with E-state index in [-0.39, 0.29) is 35.0 Å². The molecule has 8 nitrogen and oxygen atoms in total. The number of benzene rings is 1. The number of hydrogen-bond acceptors (Lipinski definition) is 6. The Hall–Kier alpha value is -1.87. The van der Waals surface area contributed by atoms with Gasteiger partial charge in [0, 0.05) is 24.4 Å². The highest BCUT2D eigenvalue weighted by atomic mass is 35.5.